The Morgan fingerprint density at radius 1 is 1.00 bits per heavy atom. The first-order valence-corrected chi connectivity index (χ1v) is 6.43. The predicted molar refractivity (Wildman–Crippen MR) is 77.5 cm³/mol. The van der Waals surface area contributed by atoms with E-state index in [4.69, 9.17) is 8.83 Å². The number of oxazole rings is 1. The lowest BCUT2D eigenvalue weighted by molar-refractivity contribution is 0.512. The highest BCUT2D eigenvalue weighted by Crippen LogP contribution is 2.30. The highest BCUT2D eigenvalue weighted by Gasteiger charge is 2.06. The minimum absolute atomic E-state index is 0.612. The van der Waals surface area contributed by atoms with Gasteiger partial charge in [0, 0.05) is 16.5 Å². The quantitative estimate of drug-likeness (QED) is 0.603. The summed E-state index contributed by atoms with van der Waals surface area (Å²) in [7, 11) is 0. The van der Waals surface area contributed by atoms with Gasteiger partial charge in [0.2, 0.25) is 0 Å². The number of furan rings is 1. The summed E-state index contributed by atoms with van der Waals surface area (Å²) in [6, 6.07) is 14.1. The number of para-hydroxylation sites is 1. The summed E-state index contributed by atoms with van der Waals surface area (Å²) < 4.78 is 11.0. The molecule has 0 saturated carbocycles. The Morgan fingerprint density at radius 2 is 1.90 bits per heavy atom. The number of hydrogen-bond donors (Lipinski definition) is 1. The number of nitrogens with zero attached hydrogens (tertiary/aromatic N) is 1. The van der Waals surface area contributed by atoms with Gasteiger partial charge >= 0.3 is 0 Å². The van der Waals surface area contributed by atoms with Crippen LogP contribution in [-0.2, 0) is 6.54 Å². The van der Waals surface area contributed by atoms with E-state index >= 15 is 0 Å². The Bertz CT molecular complexity index is 863. The number of rotatable bonds is 3. The number of fused-ring (bicyclic) bond motifs is 3. The molecule has 0 atom stereocenters. The average Bonchev–Trinajstić information content (AvgIpc) is 3.12. The predicted octanol–water partition coefficient (Wildman–Crippen LogP) is 4.19. The third-order valence-electron chi connectivity index (χ3n) is 3.33. The summed E-state index contributed by atoms with van der Waals surface area (Å²) in [4.78, 5) is 3.90. The van der Waals surface area contributed by atoms with Crippen molar-refractivity contribution in [2.75, 3.05) is 5.32 Å². The van der Waals surface area contributed by atoms with Gasteiger partial charge in [-0.1, -0.05) is 18.2 Å². The van der Waals surface area contributed by atoms with Crippen LogP contribution in [0.1, 0.15) is 5.76 Å². The molecule has 0 unspecified atom stereocenters. The van der Waals surface area contributed by atoms with Crippen LogP contribution in [0.3, 0.4) is 0 Å². The zero-order valence-electron chi connectivity index (χ0n) is 10.7. The molecule has 0 radical (unpaired) electrons. The highest BCUT2D eigenvalue weighted by atomic mass is 16.3. The average molecular weight is 264 g/mol. The summed E-state index contributed by atoms with van der Waals surface area (Å²) in [6.07, 6.45) is 3.14. The summed E-state index contributed by atoms with van der Waals surface area (Å²) in [5, 5.41) is 5.56. The standard InChI is InChI=1S/C16H12N2O2/c1-2-4-15-13(3-1)14-7-11(5-6-16(14)20-15)18-9-12-8-17-10-19-12/h1-8,10,18H,9H2. The van der Waals surface area contributed by atoms with Gasteiger partial charge in [-0.25, -0.2) is 4.98 Å². The van der Waals surface area contributed by atoms with E-state index in [1.807, 2.05) is 30.3 Å². The molecular weight excluding hydrogens is 252 g/mol. The van der Waals surface area contributed by atoms with Gasteiger partial charge < -0.3 is 14.2 Å². The van der Waals surface area contributed by atoms with Gasteiger partial charge in [0.15, 0.2) is 6.39 Å². The second kappa shape index (κ2) is 4.42. The van der Waals surface area contributed by atoms with E-state index in [1.54, 1.807) is 6.20 Å². The zero-order chi connectivity index (χ0) is 13.4. The lowest BCUT2D eigenvalue weighted by Gasteiger charge is -2.03. The van der Waals surface area contributed by atoms with E-state index in [9.17, 15) is 0 Å². The van der Waals surface area contributed by atoms with Crippen molar-refractivity contribution in [2.45, 2.75) is 6.54 Å². The van der Waals surface area contributed by atoms with Crippen molar-refractivity contribution in [3.05, 3.63) is 60.8 Å². The third kappa shape index (κ3) is 1.82. The summed E-state index contributed by atoms with van der Waals surface area (Å²) in [5.41, 5.74) is 2.84. The summed E-state index contributed by atoms with van der Waals surface area (Å²) >= 11 is 0. The highest BCUT2D eigenvalue weighted by molar-refractivity contribution is 6.05. The van der Waals surface area contributed by atoms with Crippen molar-refractivity contribution in [1.82, 2.24) is 4.98 Å². The second-order valence-corrected chi connectivity index (χ2v) is 4.63. The Balaban J connectivity index is 1.72. The first kappa shape index (κ1) is 11.1. The smallest absolute Gasteiger partial charge is 0.180 e. The molecule has 20 heavy (non-hydrogen) atoms. The fourth-order valence-electron chi connectivity index (χ4n) is 2.35. The van der Waals surface area contributed by atoms with E-state index in [0.717, 1.165) is 33.4 Å². The molecule has 4 rings (SSSR count). The van der Waals surface area contributed by atoms with Crippen LogP contribution in [0.25, 0.3) is 21.9 Å². The Morgan fingerprint density at radius 3 is 2.80 bits per heavy atom. The Labute approximate surface area is 115 Å². The monoisotopic (exact) mass is 264 g/mol. The molecule has 0 fully saturated rings. The van der Waals surface area contributed by atoms with Crippen LogP contribution < -0.4 is 5.32 Å². The minimum atomic E-state index is 0.612. The van der Waals surface area contributed by atoms with Crippen molar-refractivity contribution in [3.63, 3.8) is 0 Å². The number of hydrogen-bond acceptors (Lipinski definition) is 4. The molecule has 4 heteroatoms. The molecule has 1 N–H and O–H groups in total. The van der Waals surface area contributed by atoms with Crippen LogP contribution in [0.4, 0.5) is 5.69 Å². The molecule has 0 saturated heterocycles. The normalized spacial score (nSPS) is 11.2. The molecule has 98 valence electrons. The maximum atomic E-state index is 5.80. The second-order valence-electron chi connectivity index (χ2n) is 4.63. The topological polar surface area (TPSA) is 51.2 Å². The van der Waals surface area contributed by atoms with Gasteiger partial charge in [0.1, 0.15) is 16.9 Å². The number of aromatic nitrogens is 1. The van der Waals surface area contributed by atoms with Gasteiger partial charge in [-0.15, -0.1) is 0 Å². The molecule has 0 spiro atoms. The number of nitrogens with one attached hydrogen (secondary N) is 1. The Hall–Kier alpha value is -2.75. The van der Waals surface area contributed by atoms with Gasteiger partial charge in [-0.3, -0.25) is 0 Å². The molecule has 0 aliphatic carbocycles. The van der Waals surface area contributed by atoms with Gasteiger partial charge in [0.05, 0.1) is 12.7 Å². The van der Waals surface area contributed by atoms with Crippen molar-refractivity contribution in [2.24, 2.45) is 0 Å². The van der Waals surface area contributed by atoms with Crippen LogP contribution in [0, 0.1) is 0 Å². The van der Waals surface area contributed by atoms with E-state index in [1.165, 1.54) is 6.39 Å². The van der Waals surface area contributed by atoms with Gasteiger partial charge in [-0.2, -0.15) is 0 Å². The lowest BCUT2D eigenvalue weighted by Crippen LogP contribution is -1.97. The summed E-state index contributed by atoms with van der Waals surface area (Å²) in [5.74, 6) is 0.808. The van der Waals surface area contributed by atoms with E-state index < -0.39 is 0 Å². The molecule has 4 nitrogen and oxygen atoms in total. The third-order valence-corrected chi connectivity index (χ3v) is 3.33. The number of benzene rings is 2. The van der Waals surface area contributed by atoms with E-state index in [0.29, 0.717) is 6.54 Å². The van der Waals surface area contributed by atoms with E-state index in [-0.39, 0.29) is 0 Å². The molecule has 2 heterocycles. The zero-order valence-corrected chi connectivity index (χ0v) is 10.7. The van der Waals surface area contributed by atoms with Crippen molar-refractivity contribution in [3.8, 4) is 0 Å². The molecule has 4 aromatic rings. The maximum absolute atomic E-state index is 5.80. The van der Waals surface area contributed by atoms with Crippen LogP contribution in [0.5, 0.6) is 0 Å². The minimum Gasteiger partial charge on any atom is -0.456 e. The maximum Gasteiger partial charge on any atom is 0.180 e. The molecule has 2 aromatic carbocycles. The molecular formula is C16H12N2O2. The first-order chi connectivity index (χ1) is 9.90. The SMILES string of the molecule is c1ccc2c(c1)oc1ccc(NCc3cnco3)cc12. The van der Waals surface area contributed by atoms with Crippen molar-refractivity contribution in [1.29, 1.82) is 0 Å². The largest absolute Gasteiger partial charge is 0.456 e. The van der Waals surface area contributed by atoms with Crippen molar-refractivity contribution >= 4 is 27.6 Å². The first-order valence-electron chi connectivity index (χ1n) is 6.43. The Kier molecular flexibility index (Phi) is 2.45. The molecule has 0 amide bonds. The van der Waals surface area contributed by atoms with Crippen LogP contribution in [0.15, 0.2) is 63.9 Å². The molecule has 0 bridgehead atoms. The van der Waals surface area contributed by atoms with Crippen LogP contribution >= 0.6 is 0 Å². The number of anilines is 1. The lowest BCUT2D eigenvalue weighted by atomic mass is 10.1. The van der Waals surface area contributed by atoms with Gasteiger partial charge in [0.25, 0.3) is 0 Å². The van der Waals surface area contributed by atoms with E-state index in [2.05, 4.69) is 22.4 Å². The fourth-order valence-corrected chi connectivity index (χ4v) is 2.35. The van der Waals surface area contributed by atoms with Gasteiger partial charge in [-0.05, 0) is 24.3 Å². The molecule has 0 aliphatic heterocycles. The molecule has 2 aromatic heterocycles. The van der Waals surface area contributed by atoms with Crippen LogP contribution in [-0.4, -0.2) is 4.98 Å². The van der Waals surface area contributed by atoms with Crippen molar-refractivity contribution < 1.29 is 8.83 Å². The van der Waals surface area contributed by atoms with Crippen LogP contribution in [0.2, 0.25) is 0 Å². The summed E-state index contributed by atoms with van der Waals surface area (Å²) in [6.45, 7) is 0.612. The fraction of sp³-hybridized carbons (Fsp3) is 0.0625. The molecule has 0 aliphatic rings.